The van der Waals surface area contributed by atoms with Crippen LogP contribution >= 0.6 is 11.8 Å². The van der Waals surface area contributed by atoms with Gasteiger partial charge in [-0.15, -0.1) is 18.3 Å². The first-order valence-corrected chi connectivity index (χ1v) is 7.62. The molecule has 0 unspecified atom stereocenters. The Balaban J connectivity index is 2.00. The third-order valence-electron chi connectivity index (χ3n) is 3.09. The van der Waals surface area contributed by atoms with Crippen molar-refractivity contribution < 1.29 is 19.4 Å². The van der Waals surface area contributed by atoms with Crippen molar-refractivity contribution in [2.45, 2.75) is 29.9 Å². The van der Waals surface area contributed by atoms with Crippen molar-refractivity contribution in [3.05, 3.63) is 36.9 Å². The fourth-order valence-corrected chi connectivity index (χ4v) is 2.82. The van der Waals surface area contributed by atoms with Gasteiger partial charge in [-0.3, -0.25) is 4.79 Å². The van der Waals surface area contributed by atoms with E-state index in [4.69, 9.17) is 9.84 Å². The van der Waals surface area contributed by atoms with Crippen molar-refractivity contribution in [1.82, 2.24) is 0 Å². The Morgan fingerprint density at radius 1 is 1.38 bits per heavy atom. The number of carboxylic acid groups (broad SMARTS) is 1. The molecule has 1 saturated heterocycles. The number of anilines is 1. The van der Waals surface area contributed by atoms with E-state index in [2.05, 4.69) is 11.9 Å². The number of hydrogen-bond acceptors (Lipinski definition) is 4. The van der Waals surface area contributed by atoms with Gasteiger partial charge in [-0.2, -0.15) is 0 Å². The Morgan fingerprint density at radius 3 is 2.76 bits per heavy atom. The number of benzene rings is 1. The SMILES string of the molecule is C=CCSc1ccccc1NC(=O)[C@@H]1CC[C@H](C(=O)O)O1. The standard InChI is InChI=1S/C15H17NO4S/c1-2-9-21-13-6-4-3-5-10(13)16-14(17)11-7-8-12(20-11)15(18)19/h2-6,11-12H,1,7-9H2,(H,16,17)(H,18,19)/t11-,12+/m0/s1. The molecular formula is C15H17NO4S. The highest BCUT2D eigenvalue weighted by Gasteiger charge is 2.34. The van der Waals surface area contributed by atoms with Crippen molar-refractivity contribution in [3.8, 4) is 0 Å². The molecule has 1 amide bonds. The zero-order valence-corrected chi connectivity index (χ0v) is 12.3. The molecule has 1 fully saturated rings. The van der Waals surface area contributed by atoms with Crippen molar-refractivity contribution in [2.75, 3.05) is 11.1 Å². The lowest BCUT2D eigenvalue weighted by atomic mass is 10.2. The van der Waals surface area contributed by atoms with Crippen molar-refractivity contribution >= 4 is 29.3 Å². The summed E-state index contributed by atoms with van der Waals surface area (Å²) >= 11 is 1.57. The highest BCUT2D eigenvalue weighted by Crippen LogP contribution is 2.28. The summed E-state index contributed by atoms with van der Waals surface area (Å²) in [4.78, 5) is 23.9. The van der Waals surface area contributed by atoms with Crippen molar-refractivity contribution in [2.24, 2.45) is 0 Å². The smallest absolute Gasteiger partial charge is 0.332 e. The number of para-hydroxylation sites is 1. The van der Waals surface area contributed by atoms with Crippen LogP contribution in [-0.2, 0) is 14.3 Å². The van der Waals surface area contributed by atoms with Crippen LogP contribution in [0.1, 0.15) is 12.8 Å². The molecule has 6 heteroatoms. The van der Waals surface area contributed by atoms with Gasteiger partial charge in [0.15, 0.2) is 6.10 Å². The van der Waals surface area contributed by atoms with Gasteiger partial charge in [-0.25, -0.2) is 4.79 Å². The molecule has 0 bridgehead atoms. The Hall–Kier alpha value is -1.79. The molecular weight excluding hydrogens is 290 g/mol. The van der Waals surface area contributed by atoms with Gasteiger partial charge >= 0.3 is 5.97 Å². The normalized spacial score (nSPS) is 21.0. The Bertz CT molecular complexity index is 546. The average molecular weight is 307 g/mol. The molecule has 2 atom stereocenters. The summed E-state index contributed by atoms with van der Waals surface area (Å²) in [6, 6.07) is 7.46. The molecule has 1 heterocycles. The minimum absolute atomic E-state index is 0.301. The number of carbonyl (C=O) groups is 2. The van der Waals surface area contributed by atoms with Crippen LogP contribution in [0.4, 0.5) is 5.69 Å². The quantitative estimate of drug-likeness (QED) is 0.624. The molecule has 1 aromatic carbocycles. The maximum atomic E-state index is 12.2. The second kappa shape index (κ2) is 7.28. The van der Waals surface area contributed by atoms with Gasteiger partial charge in [-0.05, 0) is 25.0 Å². The molecule has 0 aromatic heterocycles. The Morgan fingerprint density at radius 2 is 2.10 bits per heavy atom. The first-order valence-electron chi connectivity index (χ1n) is 6.63. The Kier molecular flexibility index (Phi) is 5.41. The molecule has 2 N–H and O–H groups in total. The van der Waals surface area contributed by atoms with Gasteiger partial charge in [0.2, 0.25) is 0 Å². The van der Waals surface area contributed by atoms with Gasteiger partial charge in [0.1, 0.15) is 6.10 Å². The number of rotatable bonds is 6. The van der Waals surface area contributed by atoms with Gasteiger partial charge in [-0.1, -0.05) is 18.2 Å². The number of nitrogens with one attached hydrogen (secondary N) is 1. The van der Waals surface area contributed by atoms with E-state index in [1.165, 1.54) is 0 Å². The highest BCUT2D eigenvalue weighted by molar-refractivity contribution is 7.99. The van der Waals surface area contributed by atoms with E-state index < -0.39 is 18.2 Å². The number of carbonyl (C=O) groups excluding carboxylic acids is 1. The van der Waals surface area contributed by atoms with Crippen LogP contribution < -0.4 is 5.32 Å². The lowest BCUT2D eigenvalue weighted by Crippen LogP contribution is -2.30. The number of carboxylic acids is 1. The number of aliphatic carboxylic acids is 1. The van der Waals surface area contributed by atoms with Gasteiger partial charge in [0.05, 0.1) is 5.69 Å². The summed E-state index contributed by atoms with van der Waals surface area (Å²) in [6.45, 7) is 3.67. The van der Waals surface area contributed by atoms with Crippen LogP contribution in [0.3, 0.4) is 0 Å². The Labute approximate surface area is 127 Å². The maximum Gasteiger partial charge on any atom is 0.332 e. The second-order valence-electron chi connectivity index (χ2n) is 4.61. The van der Waals surface area contributed by atoms with E-state index in [0.717, 1.165) is 10.6 Å². The summed E-state index contributed by atoms with van der Waals surface area (Å²) in [5.41, 5.74) is 0.705. The molecule has 2 rings (SSSR count). The molecule has 1 aliphatic heterocycles. The molecule has 112 valence electrons. The number of thioether (sulfide) groups is 1. The lowest BCUT2D eigenvalue weighted by molar-refractivity contribution is -0.150. The molecule has 1 aliphatic rings. The molecule has 21 heavy (non-hydrogen) atoms. The molecule has 1 aromatic rings. The molecule has 0 saturated carbocycles. The zero-order chi connectivity index (χ0) is 15.2. The second-order valence-corrected chi connectivity index (χ2v) is 5.68. The minimum Gasteiger partial charge on any atom is -0.479 e. The fourth-order valence-electron chi connectivity index (χ4n) is 2.07. The third-order valence-corrected chi connectivity index (χ3v) is 4.16. The first kappa shape index (κ1) is 15.6. The van der Waals surface area contributed by atoms with Gasteiger partial charge < -0.3 is 15.2 Å². The van der Waals surface area contributed by atoms with Crippen LogP contribution in [0, 0.1) is 0 Å². The number of amides is 1. The lowest BCUT2D eigenvalue weighted by Gasteiger charge is -2.14. The summed E-state index contributed by atoms with van der Waals surface area (Å²) in [5, 5.41) is 11.7. The summed E-state index contributed by atoms with van der Waals surface area (Å²) < 4.78 is 5.24. The average Bonchev–Trinajstić information content (AvgIpc) is 2.96. The van der Waals surface area contributed by atoms with Crippen LogP contribution in [0.25, 0.3) is 0 Å². The third kappa shape index (κ3) is 4.09. The van der Waals surface area contributed by atoms with Gasteiger partial charge in [0.25, 0.3) is 5.91 Å². The van der Waals surface area contributed by atoms with E-state index in [-0.39, 0.29) is 5.91 Å². The van der Waals surface area contributed by atoms with Crippen molar-refractivity contribution in [3.63, 3.8) is 0 Å². The molecule has 0 spiro atoms. The first-order chi connectivity index (χ1) is 10.1. The zero-order valence-electron chi connectivity index (χ0n) is 11.5. The molecule has 0 aliphatic carbocycles. The molecule has 0 radical (unpaired) electrons. The largest absolute Gasteiger partial charge is 0.479 e. The monoisotopic (exact) mass is 307 g/mol. The predicted octanol–water partition coefficient (Wildman–Crippen LogP) is 2.54. The van der Waals surface area contributed by atoms with Crippen LogP contribution in [-0.4, -0.2) is 34.9 Å². The summed E-state index contributed by atoms with van der Waals surface area (Å²) in [6.07, 6.45) is 0.987. The van der Waals surface area contributed by atoms with Gasteiger partial charge in [0, 0.05) is 10.6 Å². The maximum absolute atomic E-state index is 12.2. The van der Waals surface area contributed by atoms with Crippen molar-refractivity contribution in [1.29, 1.82) is 0 Å². The van der Waals surface area contributed by atoms with Crippen LogP contribution in [0.2, 0.25) is 0 Å². The van der Waals surface area contributed by atoms with E-state index in [0.29, 0.717) is 18.5 Å². The highest BCUT2D eigenvalue weighted by atomic mass is 32.2. The summed E-state index contributed by atoms with van der Waals surface area (Å²) in [5.74, 6) is -0.578. The predicted molar refractivity (Wildman–Crippen MR) is 81.5 cm³/mol. The van der Waals surface area contributed by atoms with Crippen LogP contribution in [0.5, 0.6) is 0 Å². The molecule has 5 nitrogen and oxygen atoms in total. The number of hydrogen-bond donors (Lipinski definition) is 2. The van der Waals surface area contributed by atoms with E-state index in [1.807, 2.05) is 24.3 Å². The van der Waals surface area contributed by atoms with Crippen LogP contribution in [0.15, 0.2) is 41.8 Å². The number of ether oxygens (including phenoxy) is 1. The summed E-state index contributed by atoms with van der Waals surface area (Å²) in [7, 11) is 0. The van der Waals surface area contributed by atoms with E-state index >= 15 is 0 Å². The topological polar surface area (TPSA) is 75.6 Å². The van der Waals surface area contributed by atoms with E-state index in [9.17, 15) is 9.59 Å². The fraction of sp³-hybridized carbons (Fsp3) is 0.333. The van der Waals surface area contributed by atoms with E-state index in [1.54, 1.807) is 17.8 Å². The minimum atomic E-state index is -1.02.